The third-order valence-corrected chi connectivity index (χ3v) is 4.12. The van der Waals surface area contributed by atoms with Gasteiger partial charge in [0.1, 0.15) is 23.4 Å². The first-order chi connectivity index (χ1) is 13.8. The summed E-state index contributed by atoms with van der Waals surface area (Å²) >= 11 is 0. The predicted molar refractivity (Wildman–Crippen MR) is 97.4 cm³/mol. The van der Waals surface area contributed by atoms with Crippen LogP contribution in [0.25, 0.3) is 0 Å². The number of nitrogens with one attached hydrogen (secondary N) is 1. The van der Waals surface area contributed by atoms with Gasteiger partial charge in [-0.3, -0.25) is 14.9 Å². The van der Waals surface area contributed by atoms with E-state index in [1.54, 1.807) is 0 Å². The second-order valence-electron chi connectivity index (χ2n) is 5.98. The summed E-state index contributed by atoms with van der Waals surface area (Å²) < 4.78 is 37.3. The van der Waals surface area contributed by atoms with Crippen LogP contribution in [-0.2, 0) is 27.2 Å². The molecule has 1 N–H and O–H groups in total. The van der Waals surface area contributed by atoms with Gasteiger partial charge in [-0.15, -0.1) is 0 Å². The molecule has 1 atom stereocenters. The van der Waals surface area contributed by atoms with Crippen LogP contribution in [0.15, 0.2) is 36.4 Å². The maximum Gasteiger partial charge on any atom is 0.328 e. The molecule has 10 heteroatoms. The van der Waals surface area contributed by atoms with Crippen LogP contribution in [0.2, 0.25) is 0 Å². The van der Waals surface area contributed by atoms with Gasteiger partial charge in [-0.1, -0.05) is 6.07 Å². The Labute approximate surface area is 164 Å². The molecule has 0 fully saturated rings. The summed E-state index contributed by atoms with van der Waals surface area (Å²) in [4.78, 5) is 34.8. The van der Waals surface area contributed by atoms with Gasteiger partial charge in [-0.2, -0.15) is 0 Å². The van der Waals surface area contributed by atoms with E-state index in [1.807, 2.05) is 0 Å². The molecule has 1 amide bonds. The van der Waals surface area contributed by atoms with Gasteiger partial charge >= 0.3 is 5.97 Å². The van der Waals surface area contributed by atoms with E-state index in [-0.39, 0.29) is 23.4 Å². The maximum atomic E-state index is 13.7. The van der Waals surface area contributed by atoms with Crippen LogP contribution >= 0.6 is 0 Å². The number of hydrogen-bond acceptors (Lipinski definition) is 6. The number of non-ortho nitro benzene ring substituents is 1. The average molecular weight is 408 g/mol. The van der Waals surface area contributed by atoms with Gasteiger partial charge in [0.2, 0.25) is 5.91 Å². The molecule has 0 radical (unpaired) electrons. The standard InChI is InChI=1S/C19H18F2N2O6/c1-28-17-7-6-12(23(26)27)8-11(17)9-16(19(25)29-2)22-18(24)10-13-14(20)4-3-5-15(13)21/h3-8,16H,9-10H2,1-2H3,(H,22,24)/t16-/m0/s1. The number of hydrogen-bond donors (Lipinski definition) is 1. The highest BCUT2D eigenvalue weighted by Crippen LogP contribution is 2.25. The fourth-order valence-electron chi connectivity index (χ4n) is 2.70. The van der Waals surface area contributed by atoms with Gasteiger partial charge in [0, 0.05) is 29.7 Å². The highest BCUT2D eigenvalue weighted by molar-refractivity contribution is 5.86. The van der Waals surface area contributed by atoms with Crippen molar-refractivity contribution >= 4 is 17.6 Å². The monoisotopic (exact) mass is 408 g/mol. The molecule has 0 spiro atoms. The number of amides is 1. The largest absolute Gasteiger partial charge is 0.496 e. The van der Waals surface area contributed by atoms with Crippen molar-refractivity contribution in [3.63, 3.8) is 0 Å². The van der Waals surface area contributed by atoms with Crippen LogP contribution in [0.4, 0.5) is 14.5 Å². The molecule has 29 heavy (non-hydrogen) atoms. The zero-order valence-electron chi connectivity index (χ0n) is 15.6. The summed E-state index contributed by atoms with van der Waals surface area (Å²) in [5, 5.41) is 13.4. The lowest BCUT2D eigenvalue weighted by atomic mass is 10.0. The molecule has 0 aliphatic carbocycles. The molecule has 154 valence electrons. The molecular weight excluding hydrogens is 390 g/mol. The molecular formula is C19H18F2N2O6. The smallest absolute Gasteiger partial charge is 0.328 e. The van der Waals surface area contributed by atoms with Crippen LogP contribution in [0, 0.1) is 21.7 Å². The molecule has 2 aromatic carbocycles. The Morgan fingerprint density at radius 1 is 1.17 bits per heavy atom. The zero-order chi connectivity index (χ0) is 21.6. The molecule has 0 aliphatic heterocycles. The summed E-state index contributed by atoms with van der Waals surface area (Å²) in [6.07, 6.45) is -0.832. The molecule has 2 rings (SSSR count). The molecule has 2 aromatic rings. The van der Waals surface area contributed by atoms with Crippen LogP contribution in [0.3, 0.4) is 0 Å². The maximum absolute atomic E-state index is 13.7. The number of methoxy groups -OCH3 is 2. The summed E-state index contributed by atoms with van der Waals surface area (Å²) in [7, 11) is 2.44. The number of esters is 1. The van der Waals surface area contributed by atoms with Crippen molar-refractivity contribution in [2.45, 2.75) is 18.9 Å². The van der Waals surface area contributed by atoms with Gasteiger partial charge in [-0.25, -0.2) is 13.6 Å². The highest BCUT2D eigenvalue weighted by Gasteiger charge is 2.25. The Morgan fingerprint density at radius 3 is 2.38 bits per heavy atom. The minimum Gasteiger partial charge on any atom is -0.496 e. The minimum absolute atomic E-state index is 0.191. The van der Waals surface area contributed by atoms with Gasteiger partial charge in [0.15, 0.2) is 0 Å². The predicted octanol–water partition coefficient (Wildman–Crippen LogP) is 2.32. The lowest BCUT2D eigenvalue weighted by Crippen LogP contribution is -2.43. The van der Waals surface area contributed by atoms with E-state index < -0.39 is 46.5 Å². The van der Waals surface area contributed by atoms with E-state index >= 15 is 0 Å². The van der Waals surface area contributed by atoms with Crippen LogP contribution in [0.1, 0.15) is 11.1 Å². The third kappa shape index (κ3) is 5.47. The molecule has 0 heterocycles. The van der Waals surface area contributed by atoms with Crippen molar-refractivity contribution in [3.05, 3.63) is 69.3 Å². The second-order valence-corrected chi connectivity index (χ2v) is 5.98. The number of rotatable bonds is 8. The molecule has 8 nitrogen and oxygen atoms in total. The zero-order valence-corrected chi connectivity index (χ0v) is 15.6. The summed E-state index contributed by atoms with van der Waals surface area (Å²) in [6, 6.07) is 5.73. The van der Waals surface area contributed by atoms with E-state index in [2.05, 4.69) is 10.1 Å². The van der Waals surface area contributed by atoms with Crippen molar-refractivity contribution < 1.29 is 32.8 Å². The first-order valence-electron chi connectivity index (χ1n) is 8.38. The van der Waals surface area contributed by atoms with E-state index in [1.165, 1.54) is 25.3 Å². The Kier molecular flexibility index (Phi) is 7.18. The molecule has 0 saturated carbocycles. The van der Waals surface area contributed by atoms with Gasteiger partial charge in [-0.05, 0) is 18.2 Å². The van der Waals surface area contributed by atoms with Crippen molar-refractivity contribution in [2.75, 3.05) is 14.2 Å². The van der Waals surface area contributed by atoms with Crippen molar-refractivity contribution in [2.24, 2.45) is 0 Å². The number of nitro benzene ring substituents is 1. The van der Waals surface area contributed by atoms with Crippen LogP contribution < -0.4 is 10.1 Å². The van der Waals surface area contributed by atoms with Crippen molar-refractivity contribution in [1.29, 1.82) is 0 Å². The summed E-state index contributed by atoms with van der Waals surface area (Å²) in [5.41, 5.74) is -0.403. The Hall–Kier alpha value is -3.56. The number of benzene rings is 2. The minimum atomic E-state index is -1.25. The second kappa shape index (κ2) is 9.58. The van der Waals surface area contributed by atoms with E-state index in [0.717, 1.165) is 25.3 Å². The van der Waals surface area contributed by atoms with E-state index in [0.29, 0.717) is 0 Å². The number of halogens is 2. The van der Waals surface area contributed by atoms with Crippen LogP contribution in [-0.4, -0.2) is 37.1 Å². The van der Waals surface area contributed by atoms with Crippen molar-refractivity contribution in [1.82, 2.24) is 5.32 Å². The van der Waals surface area contributed by atoms with Crippen molar-refractivity contribution in [3.8, 4) is 5.75 Å². The van der Waals surface area contributed by atoms with Gasteiger partial charge in [0.05, 0.1) is 25.6 Å². The van der Waals surface area contributed by atoms with Gasteiger partial charge < -0.3 is 14.8 Å². The van der Waals surface area contributed by atoms with Gasteiger partial charge in [0.25, 0.3) is 5.69 Å². The summed E-state index contributed by atoms with van der Waals surface area (Å²) in [5.74, 6) is -3.18. The average Bonchev–Trinajstić information content (AvgIpc) is 2.69. The molecule has 0 aromatic heterocycles. The quantitative estimate of drug-likeness (QED) is 0.408. The first-order valence-corrected chi connectivity index (χ1v) is 8.38. The SMILES string of the molecule is COC(=O)[C@H](Cc1cc([N+](=O)[O-])ccc1OC)NC(=O)Cc1c(F)cccc1F. The molecule has 0 aliphatic rings. The fourth-order valence-corrected chi connectivity index (χ4v) is 2.70. The number of carbonyl (C=O) groups excluding carboxylic acids is 2. The normalized spacial score (nSPS) is 11.4. The van der Waals surface area contributed by atoms with Crippen LogP contribution in [0.5, 0.6) is 5.75 Å². The fraction of sp³-hybridized carbons (Fsp3) is 0.263. The Balaban J connectivity index is 2.24. The number of nitrogens with zero attached hydrogens (tertiary/aromatic N) is 1. The van der Waals surface area contributed by atoms with E-state index in [4.69, 9.17) is 4.74 Å². The Bertz CT molecular complexity index is 915. The third-order valence-electron chi connectivity index (χ3n) is 4.12. The lowest BCUT2D eigenvalue weighted by Gasteiger charge is -2.18. The lowest BCUT2D eigenvalue weighted by molar-refractivity contribution is -0.384. The number of ether oxygens (including phenoxy) is 2. The molecule has 0 unspecified atom stereocenters. The molecule has 0 bridgehead atoms. The van der Waals surface area contributed by atoms with E-state index in [9.17, 15) is 28.5 Å². The summed E-state index contributed by atoms with van der Waals surface area (Å²) in [6.45, 7) is 0. The molecule has 0 saturated heterocycles. The number of carbonyl (C=O) groups is 2. The highest BCUT2D eigenvalue weighted by atomic mass is 19.1. The number of nitro groups is 1. The Morgan fingerprint density at radius 2 is 1.83 bits per heavy atom. The first kappa shape index (κ1) is 21.7. The topological polar surface area (TPSA) is 108 Å².